The molecular weight excluding hydrogens is 444 g/mol. The average molecular weight is 481 g/mol. The maximum atomic E-state index is 10.1. The van der Waals surface area contributed by atoms with Crippen LogP contribution in [0, 0.1) is 0 Å². The smallest absolute Gasteiger partial charge is 0.241 e. The fourth-order valence-electron chi connectivity index (χ4n) is 5.21. The number of nitrogens with zero attached hydrogens (tertiary/aromatic N) is 4. The molecule has 0 radical (unpaired) electrons. The van der Waals surface area contributed by atoms with Crippen molar-refractivity contribution < 1.29 is 14.6 Å². The van der Waals surface area contributed by atoms with Gasteiger partial charge >= 0.3 is 0 Å². The summed E-state index contributed by atoms with van der Waals surface area (Å²) in [6.07, 6.45) is 9.20. The van der Waals surface area contributed by atoms with Crippen molar-refractivity contribution in [2.45, 2.75) is 69.6 Å². The van der Waals surface area contributed by atoms with Crippen LogP contribution in [0.1, 0.15) is 57.1 Å². The molecule has 1 saturated heterocycles. The maximum Gasteiger partial charge on any atom is 0.241 e. The van der Waals surface area contributed by atoms with Crippen LogP contribution in [0.2, 0.25) is 0 Å². The maximum absolute atomic E-state index is 10.1. The van der Waals surface area contributed by atoms with Gasteiger partial charge in [-0.05, 0) is 76.2 Å². The van der Waals surface area contributed by atoms with Gasteiger partial charge in [0.25, 0.3) is 0 Å². The Morgan fingerprint density at radius 3 is 2.71 bits per heavy atom. The Morgan fingerprint density at radius 2 is 1.94 bits per heavy atom. The van der Waals surface area contributed by atoms with Crippen LogP contribution in [0.15, 0.2) is 30.6 Å². The van der Waals surface area contributed by atoms with E-state index >= 15 is 0 Å². The minimum absolute atomic E-state index is 0.0932. The SMILES string of the molecule is COC[C@H](C)Nc1ncc2c(-c3ccnc(OC4CCNCC4)c3)cc([C@H]3CC[C@H](O)CC3)n2n1. The third kappa shape index (κ3) is 5.58. The van der Waals surface area contributed by atoms with Gasteiger partial charge in [-0.15, -0.1) is 5.10 Å². The number of hydrogen-bond donors (Lipinski definition) is 3. The first kappa shape index (κ1) is 24.0. The zero-order chi connectivity index (χ0) is 24.2. The van der Waals surface area contributed by atoms with Crippen molar-refractivity contribution in [3.05, 3.63) is 36.3 Å². The summed E-state index contributed by atoms with van der Waals surface area (Å²) in [6.45, 7) is 4.57. The van der Waals surface area contributed by atoms with E-state index in [2.05, 4.69) is 26.7 Å². The summed E-state index contributed by atoms with van der Waals surface area (Å²) in [5.41, 5.74) is 4.22. The molecule has 5 rings (SSSR count). The van der Waals surface area contributed by atoms with Gasteiger partial charge in [0.05, 0.1) is 24.4 Å². The first-order chi connectivity index (χ1) is 17.1. The molecule has 0 amide bonds. The van der Waals surface area contributed by atoms with Gasteiger partial charge in [0.1, 0.15) is 6.10 Å². The Morgan fingerprint density at radius 1 is 1.14 bits per heavy atom. The van der Waals surface area contributed by atoms with Crippen LogP contribution < -0.4 is 15.4 Å². The average Bonchev–Trinajstić information content (AvgIpc) is 3.24. The van der Waals surface area contributed by atoms with Crippen molar-refractivity contribution in [1.29, 1.82) is 0 Å². The highest BCUT2D eigenvalue weighted by Gasteiger charge is 2.26. The summed E-state index contributed by atoms with van der Waals surface area (Å²) in [7, 11) is 1.69. The normalized spacial score (nSPS) is 22.3. The first-order valence-electron chi connectivity index (χ1n) is 12.8. The summed E-state index contributed by atoms with van der Waals surface area (Å²) < 4.78 is 13.5. The van der Waals surface area contributed by atoms with Crippen LogP contribution in [0.25, 0.3) is 16.6 Å². The third-order valence-electron chi connectivity index (χ3n) is 7.07. The number of methoxy groups -OCH3 is 1. The number of aromatic nitrogens is 4. The number of hydrogen-bond acceptors (Lipinski definition) is 8. The van der Waals surface area contributed by atoms with Gasteiger partial charge in [0.2, 0.25) is 11.8 Å². The standard InChI is InChI=1S/C26H36N6O3/c1-17(16-34-2)30-26-29-15-24-22(14-23(32(24)31-26)18-3-5-20(33)6-4-18)19-7-12-28-25(13-19)35-21-8-10-27-11-9-21/h7,12-15,17-18,20-21,27,33H,3-6,8-11,16H2,1-2H3,(H,30,31)/t17-,18-,20-/m0/s1. The van der Waals surface area contributed by atoms with Crippen LogP contribution in [-0.2, 0) is 4.74 Å². The van der Waals surface area contributed by atoms with E-state index in [1.54, 1.807) is 7.11 Å². The predicted octanol–water partition coefficient (Wildman–Crippen LogP) is 3.39. The van der Waals surface area contributed by atoms with Crippen molar-refractivity contribution >= 4 is 11.5 Å². The molecule has 1 saturated carbocycles. The summed E-state index contributed by atoms with van der Waals surface area (Å²) in [6, 6.07) is 6.37. The summed E-state index contributed by atoms with van der Waals surface area (Å²) in [5, 5.41) is 21.6. The minimum Gasteiger partial charge on any atom is -0.474 e. The van der Waals surface area contributed by atoms with Gasteiger partial charge in [-0.2, -0.15) is 0 Å². The lowest BCUT2D eigenvalue weighted by Gasteiger charge is -2.25. The Labute approximate surface area is 206 Å². The largest absolute Gasteiger partial charge is 0.474 e. The Balaban J connectivity index is 1.49. The number of anilines is 1. The molecule has 0 spiro atoms. The lowest BCUT2D eigenvalue weighted by atomic mass is 9.85. The number of fused-ring (bicyclic) bond motifs is 1. The second-order valence-corrected chi connectivity index (χ2v) is 9.82. The molecule has 1 atom stereocenters. The van der Waals surface area contributed by atoms with Gasteiger partial charge < -0.3 is 25.2 Å². The zero-order valence-electron chi connectivity index (χ0n) is 20.6. The van der Waals surface area contributed by atoms with Gasteiger partial charge in [-0.3, -0.25) is 0 Å². The number of aliphatic hydroxyl groups is 1. The summed E-state index contributed by atoms with van der Waals surface area (Å²) in [4.78, 5) is 9.09. The lowest BCUT2D eigenvalue weighted by Crippen LogP contribution is -2.34. The van der Waals surface area contributed by atoms with E-state index in [9.17, 15) is 5.11 Å². The quantitative estimate of drug-likeness (QED) is 0.451. The fraction of sp³-hybridized carbons (Fsp3) is 0.577. The van der Waals surface area contributed by atoms with Crippen molar-refractivity contribution in [2.24, 2.45) is 0 Å². The van der Waals surface area contributed by atoms with E-state index in [1.165, 1.54) is 0 Å². The highest BCUT2D eigenvalue weighted by molar-refractivity contribution is 5.81. The molecule has 4 heterocycles. The fourth-order valence-corrected chi connectivity index (χ4v) is 5.21. The van der Waals surface area contributed by atoms with Crippen LogP contribution in [0.3, 0.4) is 0 Å². The number of nitrogens with one attached hydrogen (secondary N) is 2. The van der Waals surface area contributed by atoms with E-state index < -0.39 is 0 Å². The highest BCUT2D eigenvalue weighted by atomic mass is 16.5. The minimum atomic E-state index is -0.200. The second-order valence-electron chi connectivity index (χ2n) is 9.82. The van der Waals surface area contributed by atoms with Crippen LogP contribution >= 0.6 is 0 Å². The lowest BCUT2D eigenvalue weighted by molar-refractivity contribution is 0.121. The molecule has 9 heteroatoms. The van der Waals surface area contributed by atoms with Gasteiger partial charge in [0.15, 0.2) is 0 Å². The van der Waals surface area contributed by atoms with Crippen LogP contribution in [-0.4, -0.2) is 69.7 Å². The van der Waals surface area contributed by atoms with Crippen molar-refractivity contribution in [3.8, 4) is 17.0 Å². The molecule has 0 unspecified atom stereocenters. The van der Waals surface area contributed by atoms with E-state index in [-0.39, 0.29) is 18.2 Å². The molecule has 9 nitrogen and oxygen atoms in total. The number of pyridine rings is 1. The molecule has 3 aromatic heterocycles. The molecule has 1 aliphatic carbocycles. The number of rotatable bonds is 8. The molecule has 0 bridgehead atoms. The predicted molar refractivity (Wildman–Crippen MR) is 135 cm³/mol. The van der Waals surface area contributed by atoms with E-state index in [4.69, 9.17) is 14.6 Å². The van der Waals surface area contributed by atoms with Crippen molar-refractivity contribution in [1.82, 2.24) is 24.9 Å². The third-order valence-corrected chi connectivity index (χ3v) is 7.07. The van der Waals surface area contributed by atoms with E-state index in [0.29, 0.717) is 24.4 Å². The van der Waals surface area contributed by atoms with Crippen molar-refractivity contribution in [3.63, 3.8) is 0 Å². The van der Waals surface area contributed by atoms with Gasteiger partial charge in [-0.25, -0.2) is 14.5 Å². The second kappa shape index (κ2) is 10.9. The number of ether oxygens (including phenoxy) is 2. The monoisotopic (exact) mass is 480 g/mol. The number of piperidine rings is 1. The molecule has 0 aromatic carbocycles. The topological polar surface area (TPSA) is 106 Å². The molecule has 1 aliphatic heterocycles. The van der Waals surface area contributed by atoms with Crippen molar-refractivity contribution in [2.75, 3.05) is 32.1 Å². The van der Waals surface area contributed by atoms with Gasteiger partial charge in [0, 0.05) is 42.6 Å². The molecular formula is C26H36N6O3. The Kier molecular flexibility index (Phi) is 7.46. The van der Waals surface area contributed by atoms with Gasteiger partial charge in [-0.1, -0.05) is 0 Å². The molecule has 3 aromatic rings. The summed E-state index contributed by atoms with van der Waals surface area (Å²) >= 11 is 0. The molecule has 188 valence electrons. The Bertz CT molecular complexity index is 1120. The Hall–Kier alpha value is -2.75. The van der Waals surface area contributed by atoms with E-state index in [0.717, 1.165) is 74.0 Å². The molecule has 35 heavy (non-hydrogen) atoms. The molecule has 2 fully saturated rings. The number of aliphatic hydroxyl groups excluding tert-OH is 1. The molecule has 3 N–H and O–H groups in total. The summed E-state index contributed by atoms with van der Waals surface area (Å²) in [5.74, 6) is 1.57. The van der Waals surface area contributed by atoms with Crippen LogP contribution in [0.5, 0.6) is 5.88 Å². The first-order valence-corrected chi connectivity index (χ1v) is 12.8. The van der Waals surface area contributed by atoms with Crippen LogP contribution in [0.4, 0.5) is 5.95 Å². The zero-order valence-corrected chi connectivity index (χ0v) is 20.6. The van der Waals surface area contributed by atoms with E-state index in [1.807, 2.05) is 36.0 Å². The highest BCUT2D eigenvalue weighted by Crippen LogP contribution is 2.38. The molecule has 2 aliphatic rings.